The Bertz CT molecular complexity index is 262. The molecule has 0 saturated carbocycles. The number of aliphatic carboxylic acids is 1. The molecule has 0 aliphatic carbocycles. The molecule has 0 bridgehead atoms. The molecular weight excluding hydrogens is 230 g/mol. The fourth-order valence-electron chi connectivity index (χ4n) is 2.19. The van der Waals surface area contributed by atoms with E-state index in [0.717, 1.165) is 12.8 Å². The molecule has 110 valence electrons. The van der Waals surface area contributed by atoms with E-state index >= 15 is 0 Å². The molecule has 0 radical (unpaired) electrons. The molecule has 0 fully saturated rings. The van der Waals surface area contributed by atoms with Crippen molar-refractivity contribution in [3.63, 3.8) is 0 Å². The Kier molecular flexibility index (Phi) is 7.78. The lowest BCUT2D eigenvalue weighted by atomic mass is 9.61. The highest BCUT2D eigenvalue weighted by molar-refractivity contribution is 5.74. The Labute approximate surface area is 111 Å². The second-order valence-electron chi connectivity index (χ2n) is 6.48. The number of carboxylic acid groups (broad SMARTS) is 1. The zero-order valence-electron chi connectivity index (χ0n) is 12.8. The second kappa shape index (κ2) is 7.10. The van der Waals surface area contributed by atoms with Gasteiger partial charge in [0.1, 0.15) is 0 Å². The zero-order valence-corrected chi connectivity index (χ0v) is 12.8. The molecule has 0 aliphatic heterocycles. The van der Waals surface area contributed by atoms with Crippen molar-refractivity contribution in [1.29, 1.82) is 0 Å². The summed E-state index contributed by atoms with van der Waals surface area (Å²) in [4.78, 5) is 11.4. The predicted molar refractivity (Wildman–Crippen MR) is 74.9 cm³/mol. The molecule has 0 heterocycles. The van der Waals surface area contributed by atoms with Gasteiger partial charge in [-0.25, -0.2) is 0 Å². The topological polar surface area (TPSA) is 92.5 Å². The van der Waals surface area contributed by atoms with E-state index in [0.29, 0.717) is 12.3 Å². The van der Waals surface area contributed by atoms with E-state index in [1.165, 1.54) is 0 Å². The maximum Gasteiger partial charge on any atom is 0.309 e. The summed E-state index contributed by atoms with van der Waals surface area (Å²) in [5, 5.41) is 19.0. The minimum atomic E-state index is -0.821. The Morgan fingerprint density at radius 1 is 1.17 bits per heavy atom. The number of carboxylic acids is 1. The smallest absolute Gasteiger partial charge is 0.309 e. The van der Waals surface area contributed by atoms with E-state index < -0.39 is 17.5 Å². The average Bonchev–Trinajstić information content (AvgIpc) is 2.13. The highest BCUT2D eigenvalue weighted by Gasteiger charge is 2.46. The van der Waals surface area contributed by atoms with Crippen molar-refractivity contribution in [2.75, 3.05) is 0 Å². The van der Waals surface area contributed by atoms with Crippen LogP contribution in [0.5, 0.6) is 0 Å². The molecule has 4 nitrogen and oxygen atoms in total. The van der Waals surface area contributed by atoms with Crippen LogP contribution in [0.1, 0.15) is 60.8 Å². The van der Waals surface area contributed by atoms with Crippen molar-refractivity contribution in [2.45, 2.75) is 66.9 Å². The summed E-state index contributed by atoms with van der Waals surface area (Å²) in [7, 11) is 0. The number of carbonyl (C=O) groups is 1. The van der Waals surface area contributed by atoms with Gasteiger partial charge >= 0.3 is 5.97 Å². The first-order chi connectivity index (χ1) is 7.53. The third kappa shape index (κ3) is 4.94. The van der Waals surface area contributed by atoms with Gasteiger partial charge in [-0.05, 0) is 44.9 Å². The summed E-state index contributed by atoms with van der Waals surface area (Å²) in [5.41, 5.74) is -1.20. The molecule has 2 atom stereocenters. The van der Waals surface area contributed by atoms with Gasteiger partial charge < -0.3 is 16.4 Å². The van der Waals surface area contributed by atoms with E-state index in [1.54, 1.807) is 20.8 Å². The van der Waals surface area contributed by atoms with E-state index in [-0.39, 0.29) is 11.6 Å². The molecule has 0 amide bonds. The Morgan fingerprint density at radius 2 is 1.61 bits per heavy atom. The highest BCUT2D eigenvalue weighted by Crippen LogP contribution is 2.47. The van der Waals surface area contributed by atoms with Crippen LogP contribution in [-0.4, -0.2) is 22.3 Å². The Hall–Kier alpha value is -0.610. The summed E-state index contributed by atoms with van der Waals surface area (Å²) in [6.07, 6.45) is 1.87. The molecule has 0 aliphatic rings. The lowest BCUT2D eigenvalue weighted by molar-refractivity contribution is -0.156. The summed E-state index contributed by atoms with van der Waals surface area (Å²) in [6.45, 7) is 11.5. The van der Waals surface area contributed by atoms with Crippen LogP contribution in [0.2, 0.25) is 0 Å². The van der Waals surface area contributed by atoms with Gasteiger partial charge in [0.15, 0.2) is 0 Å². The van der Waals surface area contributed by atoms with E-state index in [4.69, 9.17) is 0 Å². The summed E-state index contributed by atoms with van der Waals surface area (Å²) >= 11 is 0. The van der Waals surface area contributed by atoms with Crippen molar-refractivity contribution >= 4 is 5.97 Å². The summed E-state index contributed by atoms with van der Waals surface area (Å²) in [5.74, 6) is -0.239. The molecule has 4 heteroatoms. The average molecular weight is 261 g/mol. The van der Waals surface area contributed by atoms with Crippen molar-refractivity contribution in [2.24, 2.45) is 16.7 Å². The minimum absolute atomic E-state index is 0. The first kappa shape index (κ1) is 19.7. The van der Waals surface area contributed by atoms with Crippen LogP contribution in [0.15, 0.2) is 0 Å². The lowest BCUT2D eigenvalue weighted by Crippen LogP contribution is -2.43. The number of aliphatic hydroxyl groups is 1. The van der Waals surface area contributed by atoms with Crippen LogP contribution in [0.25, 0.3) is 0 Å². The van der Waals surface area contributed by atoms with Crippen LogP contribution in [0.4, 0.5) is 0 Å². The fraction of sp³-hybridized carbons (Fsp3) is 0.929. The van der Waals surface area contributed by atoms with Crippen molar-refractivity contribution in [1.82, 2.24) is 6.15 Å². The maximum absolute atomic E-state index is 11.4. The first-order valence-corrected chi connectivity index (χ1v) is 6.44. The molecule has 0 saturated heterocycles. The number of hydrogen-bond donors (Lipinski definition) is 3. The van der Waals surface area contributed by atoms with Crippen LogP contribution >= 0.6 is 0 Å². The summed E-state index contributed by atoms with van der Waals surface area (Å²) in [6, 6.07) is 0. The van der Waals surface area contributed by atoms with Crippen molar-refractivity contribution in [3.05, 3.63) is 0 Å². The normalized spacial score (nSPS) is 16.9. The number of aliphatic hydroxyl groups excluding tert-OH is 1. The molecular formula is C14H31NO3. The van der Waals surface area contributed by atoms with Crippen molar-refractivity contribution in [3.8, 4) is 0 Å². The van der Waals surface area contributed by atoms with E-state index in [1.807, 2.05) is 6.92 Å². The monoisotopic (exact) mass is 261 g/mol. The first-order valence-electron chi connectivity index (χ1n) is 6.44. The highest BCUT2D eigenvalue weighted by atomic mass is 16.4. The van der Waals surface area contributed by atoms with Gasteiger partial charge in [0.2, 0.25) is 0 Å². The molecule has 5 N–H and O–H groups in total. The molecule has 0 rings (SSSR count). The van der Waals surface area contributed by atoms with Gasteiger partial charge in [-0.1, -0.05) is 27.2 Å². The van der Waals surface area contributed by atoms with Crippen LogP contribution < -0.4 is 6.15 Å². The third-order valence-corrected chi connectivity index (χ3v) is 4.06. The van der Waals surface area contributed by atoms with Gasteiger partial charge in [0, 0.05) is 0 Å². The SMILES string of the molecule is CC(C)CCC(C)(CC(C)O)C(C)(C)C(=O)O.N. The Morgan fingerprint density at radius 3 is 1.89 bits per heavy atom. The number of rotatable bonds is 7. The van der Waals surface area contributed by atoms with E-state index in [2.05, 4.69) is 13.8 Å². The van der Waals surface area contributed by atoms with E-state index in [9.17, 15) is 15.0 Å². The predicted octanol–water partition coefficient (Wildman–Crippen LogP) is 3.47. The molecule has 0 spiro atoms. The van der Waals surface area contributed by atoms with Crippen LogP contribution in [0.3, 0.4) is 0 Å². The summed E-state index contributed by atoms with van der Waals surface area (Å²) < 4.78 is 0. The standard InChI is InChI=1S/C14H28O3.H3N/c1-10(2)7-8-14(6,9-11(3)15)13(4,5)12(16)17;/h10-11,15H,7-9H2,1-6H3,(H,16,17);1H3. The second-order valence-corrected chi connectivity index (χ2v) is 6.48. The Balaban J connectivity index is 0. The quantitative estimate of drug-likeness (QED) is 0.654. The maximum atomic E-state index is 11.4. The fourth-order valence-corrected chi connectivity index (χ4v) is 2.19. The number of hydrogen-bond acceptors (Lipinski definition) is 3. The van der Waals surface area contributed by atoms with Gasteiger partial charge in [0.25, 0.3) is 0 Å². The van der Waals surface area contributed by atoms with Gasteiger partial charge in [-0.15, -0.1) is 0 Å². The van der Waals surface area contributed by atoms with Crippen LogP contribution in [0, 0.1) is 16.7 Å². The molecule has 0 aromatic heterocycles. The largest absolute Gasteiger partial charge is 0.481 e. The minimum Gasteiger partial charge on any atom is -0.481 e. The lowest BCUT2D eigenvalue weighted by Gasteiger charge is -2.43. The zero-order chi connectivity index (χ0) is 13.9. The third-order valence-electron chi connectivity index (χ3n) is 4.06. The molecule has 0 aromatic rings. The molecule has 2 unspecified atom stereocenters. The van der Waals surface area contributed by atoms with Crippen LogP contribution in [-0.2, 0) is 4.79 Å². The van der Waals surface area contributed by atoms with Gasteiger partial charge in [-0.3, -0.25) is 4.79 Å². The molecule has 18 heavy (non-hydrogen) atoms. The van der Waals surface area contributed by atoms with Gasteiger partial charge in [0.05, 0.1) is 11.5 Å². The molecule has 0 aromatic carbocycles. The van der Waals surface area contributed by atoms with Crippen molar-refractivity contribution < 1.29 is 15.0 Å². The van der Waals surface area contributed by atoms with Gasteiger partial charge in [-0.2, -0.15) is 0 Å².